The number of anilines is 6. The van der Waals surface area contributed by atoms with Gasteiger partial charge in [-0.1, -0.05) is 190 Å². The van der Waals surface area contributed by atoms with E-state index in [0.717, 1.165) is 111 Å². The zero-order chi connectivity index (χ0) is 91.9. The summed E-state index contributed by atoms with van der Waals surface area (Å²) >= 11 is 5.69. The Labute approximate surface area is 755 Å². The molecule has 0 unspecified atom stereocenters. The third kappa shape index (κ3) is 37.5. The van der Waals surface area contributed by atoms with Crippen LogP contribution in [0.2, 0.25) is 5.02 Å². The van der Waals surface area contributed by atoms with Crippen LogP contribution >= 0.6 is 11.6 Å². The zero-order valence-electron chi connectivity index (χ0n) is 77.5. The highest BCUT2D eigenvalue weighted by Gasteiger charge is 2.28. The number of carbonyl (C=O) groups excluding carboxylic acids is 7. The Morgan fingerprint density at radius 3 is 1.17 bits per heavy atom. The fourth-order valence-electron chi connectivity index (χ4n) is 16.8. The number of hydrogen-bond donors (Lipinski definition) is 6. The molecule has 5 aliphatic carbocycles. The molecule has 6 aromatic carbocycles. The van der Waals surface area contributed by atoms with Crippen molar-refractivity contribution >= 4 is 93.3 Å². The summed E-state index contributed by atoms with van der Waals surface area (Å²) < 4.78 is 35.3. The SMILES string of the molecule is CCOC(=O)c1ccc(C2CCCCC2)c([N+](=O)[O-])c1.CCOC(=O)c1ccc(CC2CCCCCCC2)c(N(C)C)c1.CCOC(=O)c1ccc(CC2CCCCCCC2)c(NC(=O)OC(C)(C)C)c1.CCOC(=O)c1ccc(CC2CCCCCCC2)c(NC)c1.CCOC(=O)c1ccc(Cl)c(N)c1.CCOC(=O)c1ccc(NC2CCC(N)CC2)c(N)c1. The van der Waals surface area contributed by atoms with E-state index in [0.29, 0.717) is 101 Å². The second-order valence-electron chi connectivity index (χ2n) is 34.6. The van der Waals surface area contributed by atoms with Crippen molar-refractivity contribution in [3.63, 3.8) is 0 Å². The Hall–Kier alpha value is -9.94. The summed E-state index contributed by atoms with van der Waals surface area (Å²) in [5.41, 5.74) is 28.9. The number of halogens is 1. The van der Waals surface area contributed by atoms with Crippen LogP contribution in [-0.2, 0) is 52.4 Å². The smallest absolute Gasteiger partial charge is 0.412 e. The van der Waals surface area contributed by atoms with Crippen LogP contribution in [0.1, 0.15) is 345 Å². The first kappa shape index (κ1) is 105. The number of benzene rings is 6. The first-order chi connectivity index (χ1) is 60.5. The topological polar surface area (TPSA) is 345 Å². The second-order valence-corrected chi connectivity index (χ2v) is 35.0. The maximum atomic E-state index is 12.3. The molecule has 25 heteroatoms. The van der Waals surface area contributed by atoms with Gasteiger partial charge in [0.05, 0.1) is 100 Å². The minimum Gasteiger partial charge on any atom is -0.462 e. The molecule has 1 amide bonds. The van der Waals surface area contributed by atoms with Crippen molar-refractivity contribution in [2.24, 2.45) is 23.5 Å². The van der Waals surface area contributed by atoms with Crippen LogP contribution < -0.4 is 38.1 Å². The molecule has 0 bridgehead atoms. The number of nitrogen functional groups attached to an aromatic ring is 2. The quantitative estimate of drug-likeness (QED) is 0.0102. The van der Waals surface area contributed by atoms with Crippen LogP contribution in [0.15, 0.2) is 109 Å². The average molecular weight is 1760 g/mol. The normalized spacial score (nSPS) is 16.5. The number of carbonyl (C=O) groups is 7. The van der Waals surface area contributed by atoms with Crippen molar-refractivity contribution in [2.75, 3.05) is 93.1 Å². The van der Waals surface area contributed by atoms with E-state index >= 15 is 0 Å². The van der Waals surface area contributed by atoms with Gasteiger partial charge in [0, 0.05) is 61.9 Å². The summed E-state index contributed by atoms with van der Waals surface area (Å²) in [6, 6.07) is 32.7. The van der Waals surface area contributed by atoms with E-state index in [1.165, 1.54) is 165 Å². The molecule has 0 radical (unpaired) electrons. The highest BCUT2D eigenvalue weighted by molar-refractivity contribution is 6.33. The number of nitrogens with two attached hydrogens (primary N) is 3. The van der Waals surface area contributed by atoms with Gasteiger partial charge >= 0.3 is 41.9 Å². The molecule has 0 heterocycles. The fraction of sp³-hybridized carbons (Fsp3) is 0.574. The van der Waals surface area contributed by atoms with E-state index in [1.54, 1.807) is 76.2 Å². The highest BCUT2D eigenvalue weighted by Crippen LogP contribution is 2.39. The number of rotatable bonds is 25. The van der Waals surface area contributed by atoms with Crippen molar-refractivity contribution in [1.82, 2.24) is 0 Å². The Kier molecular flexibility index (Phi) is 47.4. The summed E-state index contributed by atoms with van der Waals surface area (Å²) in [7, 11) is 6.02. The molecular formula is C101H147ClN8O16. The lowest BCUT2D eigenvalue weighted by Gasteiger charge is -2.28. The summed E-state index contributed by atoms with van der Waals surface area (Å²) in [5.74, 6) is 0.319. The molecule has 0 aliphatic heterocycles. The van der Waals surface area contributed by atoms with Gasteiger partial charge in [0.1, 0.15) is 5.60 Å². The van der Waals surface area contributed by atoms with Crippen molar-refractivity contribution in [3.8, 4) is 0 Å². The predicted molar refractivity (Wildman–Crippen MR) is 507 cm³/mol. The van der Waals surface area contributed by atoms with Gasteiger partial charge in [-0.2, -0.15) is 0 Å². The van der Waals surface area contributed by atoms with E-state index in [2.05, 4.69) is 33.0 Å². The molecule has 5 fully saturated rings. The lowest BCUT2D eigenvalue weighted by atomic mass is 9.83. The average Bonchev–Trinajstić information content (AvgIpc) is 1.06. The highest BCUT2D eigenvalue weighted by atomic mass is 35.5. The van der Waals surface area contributed by atoms with Crippen LogP contribution in [0.5, 0.6) is 0 Å². The molecule has 9 N–H and O–H groups in total. The van der Waals surface area contributed by atoms with E-state index in [4.69, 9.17) is 62.0 Å². The van der Waals surface area contributed by atoms with Crippen LogP contribution in [0.25, 0.3) is 0 Å². The lowest BCUT2D eigenvalue weighted by molar-refractivity contribution is -0.385. The van der Waals surface area contributed by atoms with Crippen molar-refractivity contribution in [1.29, 1.82) is 0 Å². The largest absolute Gasteiger partial charge is 0.462 e. The molecule has 0 saturated heterocycles. The second kappa shape index (κ2) is 57.0. The fourth-order valence-corrected chi connectivity index (χ4v) is 16.9. The molecule has 5 saturated carbocycles. The van der Waals surface area contributed by atoms with E-state index in [9.17, 15) is 43.7 Å². The van der Waals surface area contributed by atoms with Gasteiger partial charge in [-0.15, -0.1) is 0 Å². The number of esters is 6. The first-order valence-corrected chi connectivity index (χ1v) is 46.9. The Morgan fingerprint density at radius 1 is 0.429 bits per heavy atom. The van der Waals surface area contributed by atoms with Gasteiger partial charge in [-0.25, -0.2) is 33.6 Å². The molecular weight excluding hydrogens is 1620 g/mol. The monoisotopic (exact) mass is 1760 g/mol. The van der Waals surface area contributed by atoms with Crippen molar-refractivity contribution in [2.45, 2.75) is 298 Å². The molecule has 5 aliphatic rings. The van der Waals surface area contributed by atoms with Crippen molar-refractivity contribution < 1.29 is 71.6 Å². The molecule has 0 aromatic heterocycles. The standard InChI is InChI=1S/C23H35NO4.C20H31NO2.C19H29NO2.C15H23N3O2.C15H19NO4.C9H10ClNO2/c1-5-27-21(25)19-14-13-18(15-17-11-9-7-6-8-10-12-17)20(16-19)24-22(26)28-23(2,3)4;1-4-23-20(22)18-13-12-17(19(15-18)21(2)3)14-16-10-8-6-5-7-9-11-16;1-3-22-19(21)17-12-11-16(18(14-17)20-2)13-15-9-7-5-4-6-8-10-15;1-2-20-15(19)10-3-8-14(13(17)9-10)18-12-6-4-11(16)5-7-12;1-2-20-15(17)12-8-9-13(14(10-12)16(18)19)11-6-4-3-5-7-11;1-2-13-9(12)6-3-4-7(10)8(11)5-6/h13-14,16-17H,5-12,15H2,1-4H3,(H,24,26);12-13,15-16H,4-11,14H2,1-3H3;11-12,14-15,20H,3-10,13H2,1-2H3;3,8-9,11-12,18H,2,4-7,16-17H2,1H3;8-11H,2-7H2,1H3;3-5H,2,11H2,1H3. The van der Waals surface area contributed by atoms with E-state index in [-0.39, 0.29) is 53.6 Å². The van der Waals surface area contributed by atoms with Crippen LogP contribution in [0.3, 0.4) is 0 Å². The maximum Gasteiger partial charge on any atom is 0.412 e. The molecule has 24 nitrogen and oxygen atoms in total. The maximum absolute atomic E-state index is 12.3. The van der Waals surface area contributed by atoms with Gasteiger partial charge < -0.3 is 65.9 Å². The summed E-state index contributed by atoms with van der Waals surface area (Å²) in [6.45, 7) is 18.3. The van der Waals surface area contributed by atoms with E-state index < -0.39 is 22.6 Å². The van der Waals surface area contributed by atoms with Crippen molar-refractivity contribution in [3.05, 3.63) is 180 Å². The number of amides is 1. The van der Waals surface area contributed by atoms with Gasteiger partial charge in [-0.05, 0) is 239 Å². The Morgan fingerprint density at radius 2 is 0.770 bits per heavy atom. The third-order valence-electron chi connectivity index (χ3n) is 23.4. The van der Waals surface area contributed by atoms with Gasteiger partial charge in [0.2, 0.25) is 0 Å². The van der Waals surface area contributed by atoms with E-state index in [1.807, 2.05) is 92.2 Å². The summed E-state index contributed by atoms with van der Waals surface area (Å²) in [5, 5.41) is 21.2. The third-order valence-corrected chi connectivity index (χ3v) is 23.8. The van der Waals surface area contributed by atoms with Gasteiger partial charge in [0.15, 0.2) is 0 Å². The molecule has 694 valence electrons. The lowest BCUT2D eigenvalue weighted by Crippen LogP contribution is -2.33. The number of hydrogen-bond acceptors (Lipinski definition) is 22. The Balaban J connectivity index is 0.000000236. The van der Waals surface area contributed by atoms with Crippen LogP contribution in [-0.4, -0.2) is 125 Å². The zero-order valence-corrected chi connectivity index (χ0v) is 78.2. The molecule has 0 atom stereocenters. The molecule has 11 rings (SSSR count). The number of nitrogens with zero attached hydrogens (tertiary/aromatic N) is 2. The number of ether oxygens (including phenoxy) is 7. The minimum atomic E-state index is -0.581. The summed E-state index contributed by atoms with van der Waals surface area (Å²) in [4.78, 5) is 95.7. The molecule has 0 spiro atoms. The molecule has 6 aromatic rings. The van der Waals surface area contributed by atoms with Gasteiger partial charge in [0.25, 0.3) is 5.69 Å². The molecule has 126 heavy (non-hydrogen) atoms. The van der Waals surface area contributed by atoms with Gasteiger partial charge in [-0.3, -0.25) is 15.4 Å². The summed E-state index contributed by atoms with van der Waals surface area (Å²) in [6.07, 6.45) is 40.3. The number of nitrogens with one attached hydrogen (secondary N) is 3. The minimum absolute atomic E-state index is 0.0439. The Bertz CT molecular complexity index is 4340. The van der Waals surface area contributed by atoms with Crippen LogP contribution in [0, 0.1) is 27.9 Å². The number of nitro benzene ring substituents is 1. The predicted octanol–water partition coefficient (Wildman–Crippen LogP) is 23.8. The van der Waals surface area contributed by atoms with Crippen LogP contribution in [0.4, 0.5) is 44.6 Å². The number of nitro groups is 1. The first-order valence-electron chi connectivity index (χ1n) is 46.5.